The summed E-state index contributed by atoms with van der Waals surface area (Å²) in [6, 6.07) is 2.74. The first-order chi connectivity index (χ1) is 6.00. The molecule has 1 unspecified atom stereocenters. The van der Waals surface area contributed by atoms with Crippen molar-refractivity contribution in [2.45, 2.75) is 46.2 Å². The molecule has 1 aromatic rings. The Hall–Kier alpha value is -0.830. The molecule has 1 aromatic heterocycles. The van der Waals surface area contributed by atoms with Gasteiger partial charge in [-0.3, -0.25) is 4.68 Å². The van der Waals surface area contributed by atoms with E-state index in [1.165, 1.54) is 5.69 Å². The molecule has 0 aromatic carbocycles. The molecule has 1 rings (SSSR count). The van der Waals surface area contributed by atoms with Gasteiger partial charge in [-0.25, -0.2) is 0 Å². The summed E-state index contributed by atoms with van der Waals surface area (Å²) >= 11 is 0. The lowest BCUT2D eigenvalue weighted by Crippen LogP contribution is -2.18. The molecule has 0 spiro atoms. The van der Waals surface area contributed by atoms with Gasteiger partial charge in [0, 0.05) is 24.2 Å². The first kappa shape index (κ1) is 10.3. The lowest BCUT2D eigenvalue weighted by Gasteiger charge is -2.07. The Morgan fingerprint density at radius 1 is 1.46 bits per heavy atom. The maximum Gasteiger partial charge on any atom is 0.0642 e. The van der Waals surface area contributed by atoms with E-state index in [0.29, 0.717) is 6.04 Å². The van der Waals surface area contributed by atoms with Crippen molar-refractivity contribution in [1.29, 1.82) is 0 Å². The zero-order valence-electron chi connectivity index (χ0n) is 8.91. The molecule has 0 radical (unpaired) electrons. The van der Waals surface area contributed by atoms with Gasteiger partial charge in [-0.2, -0.15) is 5.10 Å². The van der Waals surface area contributed by atoms with Crippen molar-refractivity contribution >= 4 is 0 Å². The second-order valence-corrected chi connectivity index (χ2v) is 4.00. The molecule has 1 heterocycles. The molecule has 3 heteroatoms. The number of aryl methyl sites for hydroxylation is 1. The van der Waals surface area contributed by atoms with Gasteiger partial charge in [0.05, 0.1) is 5.69 Å². The van der Waals surface area contributed by atoms with Gasteiger partial charge in [-0.05, 0) is 33.8 Å². The zero-order valence-corrected chi connectivity index (χ0v) is 8.91. The van der Waals surface area contributed by atoms with Gasteiger partial charge in [-0.1, -0.05) is 0 Å². The normalized spacial score (nSPS) is 13.7. The number of rotatable bonds is 3. The highest BCUT2D eigenvalue weighted by molar-refractivity contribution is 5.10. The van der Waals surface area contributed by atoms with Gasteiger partial charge in [0.25, 0.3) is 0 Å². The van der Waals surface area contributed by atoms with E-state index in [4.69, 9.17) is 5.73 Å². The van der Waals surface area contributed by atoms with Crippen molar-refractivity contribution in [2.75, 3.05) is 0 Å². The number of nitrogens with two attached hydrogens (primary N) is 1. The lowest BCUT2D eigenvalue weighted by molar-refractivity contribution is 0.511. The highest BCUT2D eigenvalue weighted by Crippen LogP contribution is 2.10. The quantitative estimate of drug-likeness (QED) is 0.770. The predicted octanol–water partition coefficient (Wildman–Crippen LogP) is 1.66. The maximum atomic E-state index is 5.71. The van der Waals surface area contributed by atoms with E-state index in [-0.39, 0.29) is 6.04 Å². The first-order valence-electron chi connectivity index (χ1n) is 4.81. The van der Waals surface area contributed by atoms with Crippen LogP contribution in [0, 0.1) is 6.92 Å². The van der Waals surface area contributed by atoms with Crippen LogP contribution >= 0.6 is 0 Å². The second kappa shape index (κ2) is 3.92. The van der Waals surface area contributed by atoms with Crippen molar-refractivity contribution in [3.8, 4) is 0 Å². The maximum absolute atomic E-state index is 5.71. The molecule has 0 aliphatic rings. The average Bonchev–Trinajstić information content (AvgIpc) is 2.29. The molecular weight excluding hydrogens is 162 g/mol. The summed E-state index contributed by atoms with van der Waals surface area (Å²) in [5.74, 6) is 0. The van der Waals surface area contributed by atoms with E-state index in [9.17, 15) is 0 Å². The predicted molar refractivity (Wildman–Crippen MR) is 54.7 cm³/mol. The SMILES string of the molecule is Cc1cc(CC(C)N)nn1C(C)C. The van der Waals surface area contributed by atoms with Crippen LogP contribution in [0.1, 0.15) is 38.2 Å². The van der Waals surface area contributed by atoms with Crippen LogP contribution in [0.15, 0.2) is 6.07 Å². The molecular formula is C10H19N3. The minimum Gasteiger partial charge on any atom is -0.328 e. The molecule has 0 aliphatic heterocycles. The van der Waals surface area contributed by atoms with E-state index in [1.807, 2.05) is 11.6 Å². The molecule has 3 nitrogen and oxygen atoms in total. The van der Waals surface area contributed by atoms with Crippen molar-refractivity contribution in [2.24, 2.45) is 5.73 Å². The second-order valence-electron chi connectivity index (χ2n) is 4.00. The average molecular weight is 181 g/mol. The fourth-order valence-corrected chi connectivity index (χ4v) is 1.51. The van der Waals surface area contributed by atoms with E-state index >= 15 is 0 Å². The Bertz CT molecular complexity index is 274. The summed E-state index contributed by atoms with van der Waals surface area (Å²) in [6.07, 6.45) is 0.862. The third-order valence-corrected chi connectivity index (χ3v) is 1.99. The molecule has 13 heavy (non-hydrogen) atoms. The Balaban J connectivity index is 2.82. The van der Waals surface area contributed by atoms with Gasteiger partial charge in [-0.15, -0.1) is 0 Å². The Kier molecular flexibility index (Phi) is 3.09. The van der Waals surface area contributed by atoms with E-state index < -0.39 is 0 Å². The molecule has 0 saturated carbocycles. The molecule has 0 bridgehead atoms. The van der Waals surface area contributed by atoms with Gasteiger partial charge in [0.2, 0.25) is 0 Å². The van der Waals surface area contributed by atoms with Gasteiger partial charge >= 0.3 is 0 Å². The molecule has 74 valence electrons. The van der Waals surface area contributed by atoms with Crippen molar-refractivity contribution < 1.29 is 0 Å². The van der Waals surface area contributed by atoms with Crippen LogP contribution in [-0.2, 0) is 6.42 Å². The highest BCUT2D eigenvalue weighted by atomic mass is 15.3. The van der Waals surface area contributed by atoms with E-state index in [0.717, 1.165) is 12.1 Å². The first-order valence-corrected chi connectivity index (χ1v) is 4.81. The Morgan fingerprint density at radius 3 is 2.46 bits per heavy atom. The highest BCUT2D eigenvalue weighted by Gasteiger charge is 2.07. The summed E-state index contributed by atoms with van der Waals surface area (Å²) in [7, 11) is 0. The molecule has 0 fully saturated rings. The number of aromatic nitrogens is 2. The topological polar surface area (TPSA) is 43.8 Å². The summed E-state index contributed by atoms with van der Waals surface area (Å²) in [6.45, 7) is 8.35. The van der Waals surface area contributed by atoms with Gasteiger partial charge in [0.1, 0.15) is 0 Å². The Labute approximate surface area is 79.9 Å². The van der Waals surface area contributed by atoms with Crippen molar-refractivity contribution in [3.05, 3.63) is 17.5 Å². The molecule has 2 N–H and O–H groups in total. The minimum atomic E-state index is 0.190. The van der Waals surface area contributed by atoms with Crippen LogP contribution in [0.25, 0.3) is 0 Å². The molecule has 0 aliphatic carbocycles. The summed E-state index contributed by atoms with van der Waals surface area (Å²) in [5, 5.41) is 4.49. The molecule has 0 saturated heterocycles. The fourth-order valence-electron chi connectivity index (χ4n) is 1.51. The number of nitrogens with zero attached hydrogens (tertiary/aromatic N) is 2. The monoisotopic (exact) mass is 181 g/mol. The summed E-state index contributed by atoms with van der Waals surface area (Å²) < 4.78 is 2.04. The van der Waals surface area contributed by atoms with Crippen LogP contribution in [-0.4, -0.2) is 15.8 Å². The lowest BCUT2D eigenvalue weighted by atomic mass is 10.2. The fraction of sp³-hybridized carbons (Fsp3) is 0.700. The third-order valence-electron chi connectivity index (χ3n) is 1.99. The van der Waals surface area contributed by atoms with Crippen molar-refractivity contribution in [1.82, 2.24) is 9.78 Å². The van der Waals surface area contributed by atoms with Crippen LogP contribution in [0.3, 0.4) is 0 Å². The molecule has 0 amide bonds. The largest absolute Gasteiger partial charge is 0.328 e. The molecule has 1 atom stereocenters. The van der Waals surface area contributed by atoms with Crippen LogP contribution in [0.4, 0.5) is 0 Å². The van der Waals surface area contributed by atoms with Gasteiger partial charge < -0.3 is 5.73 Å². The van der Waals surface area contributed by atoms with Crippen molar-refractivity contribution in [3.63, 3.8) is 0 Å². The smallest absolute Gasteiger partial charge is 0.0642 e. The standard InChI is InChI=1S/C10H19N3/c1-7(2)13-9(4)6-10(12-13)5-8(3)11/h6-8H,5,11H2,1-4H3. The minimum absolute atomic E-state index is 0.190. The number of hydrogen-bond acceptors (Lipinski definition) is 2. The summed E-state index contributed by atoms with van der Waals surface area (Å²) in [5.41, 5.74) is 8.02. The zero-order chi connectivity index (χ0) is 10.0. The third kappa shape index (κ3) is 2.56. The Morgan fingerprint density at radius 2 is 2.08 bits per heavy atom. The van der Waals surface area contributed by atoms with E-state index in [2.05, 4.69) is 31.9 Å². The van der Waals surface area contributed by atoms with E-state index in [1.54, 1.807) is 0 Å². The number of hydrogen-bond donors (Lipinski definition) is 1. The van der Waals surface area contributed by atoms with Crippen LogP contribution in [0.5, 0.6) is 0 Å². The van der Waals surface area contributed by atoms with Crippen LogP contribution in [0.2, 0.25) is 0 Å². The van der Waals surface area contributed by atoms with Gasteiger partial charge in [0.15, 0.2) is 0 Å². The van der Waals surface area contributed by atoms with Crippen LogP contribution < -0.4 is 5.73 Å². The summed E-state index contributed by atoms with van der Waals surface area (Å²) in [4.78, 5) is 0.